The predicted octanol–water partition coefficient (Wildman–Crippen LogP) is 2.46. The summed E-state index contributed by atoms with van der Waals surface area (Å²) in [7, 11) is -5.82. The molecule has 0 N–H and O–H groups in total. The average molecular weight is 350 g/mol. The van der Waals surface area contributed by atoms with Crippen molar-refractivity contribution in [3.8, 4) is 17.4 Å². The lowest BCUT2D eigenvalue weighted by Crippen LogP contribution is -2.28. The molecule has 0 saturated heterocycles. The van der Waals surface area contributed by atoms with Crippen molar-refractivity contribution in [2.24, 2.45) is 0 Å². The summed E-state index contributed by atoms with van der Waals surface area (Å²) in [5, 5.41) is 0. The molecule has 7 nitrogen and oxygen atoms in total. The minimum Gasteiger partial charge on any atom is -0.337 e. The molecule has 11 heteroatoms. The molecule has 2 aromatic heterocycles. The minimum absolute atomic E-state index is 0.0192. The minimum atomic E-state index is -5.82. The Morgan fingerprint density at radius 2 is 1.91 bits per heavy atom. The molecule has 0 amide bonds. The Balaban J connectivity index is 2.43. The first-order valence-electron chi connectivity index (χ1n) is 6.41. The van der Waals surface area contributed by atoms with E-state index in [1.165, 1.54) is 12.3 Å². The number of aromatic nitrogens is 4. The van der Waals surface area contributed by atoms with E-state index in [-0.39, 0.29) is 11.7 Å². The Morgan fingerprint density at radius 3 is 2.48 bits per heavy atom. The highest BCUT2D eigenvalue weighted by Gasteiger charge is 2.49. The monoisotopic (exact) mass is 350 g/mol. The molecule has 0 aliphatic rings. The smallest absolute Gasteiger partial charge is 0.337 e. The van der Waals surface area contributed by atoms with Crippen LogP contribution >= 0.6 is 0 Å². The van der Waals surface area contributed by atoms with Crippen LogP contribution in [0.25, 0.3) is 11.4 Å². The van der Waals surface area contributed by atoms with Crippen molar-refractivity contribution in [2.75, 3.05) is 0 Å². The summed E-state index contributed by atoms with van der Waals surface area (Å²) in [5.41, 5.74) is -4.85. The molecule has 126 valence electrons. The first-order chi connectivity index (χ1) is 10.5. The maximum atomic E-state index is 12.3. The van der Waals surface area contributed by atoms with Gasteiger partial charge < -0.3 is 8.75 Å². The molecule has 2 aromatic rings. The molecule has 23 heavy (non-hydrogen) atoms. The zero-order valence-electron chi connectivity index (χ0n) is 12.4. The molecule has 0 unspecified atom stereocenters. The zero-order chi connectivity index (χ0) is 17.4. The van der Waals surface area contributed by atoms with E-state index in [2.05, 4.69) is 19.1 Å². The van der Waals surface area contributed by atoms with E-state index in [0.717, 1.165) is 6.20 Å². The lowest BCUT2D eigenvalue weighted by molar-refractivity contribution is -0.0502. The van der Waals surface area contributed by atoms with Crippen molar-refractivity contribution in [1.29, 1.82) is 0 Å². The summed E-state index contributed by atoms with van der Waals surface area (Å²) in [6, 6.07) is 0.530. The molecule has 0 atom stereocenters. The number of hydrogen-bond acceptors (Lipinski definition) is 6. The van der Waals surface area contributed by atoms with Gasteiger partial charge >= 0.3 is 21.6 Å². The molecule has 0 fully saturated rings. The quantitative estimate of drug-likeness (QED) is 0.622. The SMILES string of the molecule is Cc1ncc(-c2ccnc(OS(=O)(=O)C(F)(F)F)n2)n1C(C)C. The van der Waals surface area contributed by atoms with Crippen LogP contribution in [0, 0.1) is 6.92 Å². The van der Waals surface area contributed by atoms with Crippen LogP contribution in [-0.4, -0.2) is 33.4 Å². The second-order valence-electron chi connectivity index (χ2n) is 4.86. The second-order valence-corrected chi connectivity index (χ2v) is 6.40. The predicted molar refractivity (Wildman–Crippen MR) is 74.0 cm³/mol. The number of nitrogens with zero attached hydrogens (tertiary/aromatic N) is 4. The van der Waals surface area contributed by atoms with Crippen LogP contribution in [0.2, 0.25) is 0 Å². The van der Waals surface area contributed by atoms with Crippen molar-refractivity contribution in [3.05, 3.63) is 24.3 Å². The molecule has 0 saturated carbocycles. The fourth-order valence-corrected chi connectivity index (χ4v) is 2.33. The van der Waals surface area contributed by atoms with Gasteiger partial charge in [-0.1, -0.05) is 0 Å². The van der Waals surface area contributed by atoms with Gasteiger partial charge in [0.05, 0.1) is 17.6 Å². The first-order valence-corrected chi connectivity index (χ1v) is 7.82. The van der Waals surface area contributed by atoms with E-state index in [1.54, 1.807) is 11.5 Å². The Labute approximate surface area is 130 Å². The largest absolute Gasteiger partial charge is 0.534 e. The number of hydrogen-bond donors (Lipinski definition) is 0. The Morgan fingerprint density at radius 1 is 1.26 bits per heavy atom. The summed E-state index contributed by atoms with van der Waals surface area (Å²) in [4.78, 5) is 11.2. The maximum absolute atomic E-state index is 12.3. The third-order valence-electron chi connectivity index (χ3n) is 2.86. The lowest BCUT2D eigenvalue weighted by Gasteiger charge is -2.14. The number of alkyl halides is 3. The Hall–Kier alpha value is -2.17. The fourth-order valence-electron chi connectivity index (χ4n) is 1.96. The molecule has 0 radical (unpaired) electrons. The topological polar surface area (TPSA) is 87.0 Å². The van der Waals surface area contributed by atoms with Gasteiger partial charge in [-0.3, -0.25) is 0 Å². The molecular formula is C12H13F3N4O3S. The molecule has 0 aliphatic heterocycles. The second kappa shape index (κ2) is 5.80. The van der Waals surface area contributed by atoms with E-state index >= 15 is 0 Å². The van der Waals surface area contributed by atoms with Gasteiger partial charge in [0.25, 0.3) is 0 Å². The molecule has 2 heterocycles. The molecule has 0 spiro atoms. The van der Waals surface area contributed by atoms with Crippen LogP contribution in [0.1, 0.15) is 25.7 Å². The Bertz CT molecular complexity index is 815. The number of imidazole rings is 1. The van der Waals surface area contributed by atoms with Crippen LogP contribution in [0.3, 0.4) is 0 Å². The van der Waals surface area contributed by atoms with Crippen molar-refractivity contribution < 1.29 is 25.8 Å². The van der Waals surface area contributed by atoms with Gasteiger partial charge in [0.1, 0.15) is 5.82 Å². The molecule has 0 aromatic carbocycles. The average Bonchev–Trinajstić information content (AvgIpc) is 2.79. The summed E-state index contributed by atoms with van der Waals surface area (Å²) in [6.07, 6.45) is 2.59. The van der Waals surface area contributed by atoms with Gasteiger partial charge in [0.2, 0.25) is 0 Å². The van der Waals surface area contributed by atoms with Crippen molar-refractivity contribution >= 4 is 10.1 Å². The van der Waals surface area contributed by atoms with Crippen LogP contribution in [-0.2, 0) is 10.1 Å². The first kappa shape index (κ1) is 17.2. The van der Waals surface area contributed by atoms with Gasteiger partial charge in [-0.05, 0) is 26.8 Å². The summed E-state index contributed by atoms with van der Waals surface area (Å²) < 4.78 is 64.7. The van der Waals surface area contributed by atoms with E-state index in [4.69, 9.17) is 0 Å². The molecule has 0 aliphatic carbocycles. The van der Waals surface area contributed by atoms with Crippen LogP contribution in [0.5, 0.6) is 6.01 Å². The van der Waals surface area contributed by atoms with Crippen molar-refractivity contribution in [1.82, 2.24) is 19.5 Å². The summed E-state index contributed by atoms with van der Waals surface area (Å²) in [6.45, 7) is 5.55. The summed E-state index contributed by atoms with van der Waals surface area (Å²) in [5.74, 6) is 0.680. The van der Waals surface area contributed by atoms with Crippen LogP contribution in [0.15, 0.2) is 18.5 Å². The highest BCUT2D eigenvalue weighted by molar-refractivity contribution is 7.87. The highest BCUT2D eigenvalue weighted by atomic mass is 32.2. The number of rotatable bonds is 4. The van der Waals surface area contributed by atoms with Gasteiger partial charge in [-0.2, -0.15) is 26.6 Å². The molecule has 2 rings (SSSR count). The van der Waals surface area contributed by atoms with Gasteiger partial charge in [-0.15, -0.1) is 0 Å². The lowest BCUT2D eigenvalue weighted by atomic mass is 10.3. The van der Waals surface area contributed by atoms with Crippen LogP contribution in [0.4, 0.5) is 13.2 Å². The Kier molecular flexibility index (Phi) is 4.33. The molecular weight excluding hydrogens is 337 g/mol. The normalized spacial score (nSPS) is 12.7. The zero-order valence-corrected chi connectivity index (χ0v) is 13.2. The van der Waals surface area contributed by atoms with Gasteiger partial charge in [0.15, 0.2) is 0 Å². The van der Waals surface area contributed by atoms with Gasteiger partial charge in [0, 0.05) is 12.2 Å². The van der Waals surface area contributed by atoms with Crippen molar-refractivity contribution in [2.45, 2.75) is 32.3 Å². The third-order valence-corrected chi connectivity index (χ3v) is 3.80. The van der Waals surface area contributed by atoms with Crippen LogP contribution < -0.4 is 4.18 Å². The standard InChI is InChI=1S/C12H13F3N4O3S/c1-7(2)19-8(3)17-6-10(19)9-4-5-16-11(18-9)22-23(20,21)12(13,14)15/h4-7H,1-3H3. The maximum Gasteiger partial charge on any atom is 0.534 e. The van der Waals surface area contributed by atoms with E-state index in [0.29, 0.717) is 11.5 Å². The number of aryl methyl sites for hydroxylation is 1. The number of halogens is 3. The van der Waals surface area contributed by atoms with E-state index in [9.17, 15) is 21.6 Å². The van der Waals surface area contributed by atoms with E-state index in [1.807, 2.05) is 13.8 Å². The van der Waals surface area contributed by atoms with Gasteiger partial charge in [-0.25, -0.2) is 9.97 Å². The van der Waals surface area contributed by atoms with E-state index < -0.39 is 21.6 Å². The fraction of sp³-hybridized carbons (Fsp3) is 0.417. The van der Waals surface area contributed by atoms with Crippen molar-refractivity contribution in [3.63, 3.8) is 0 Å². The third kappa shape index (κ3) is 3.44. The molecule has 0 bridgehead atoms. The highest BCUT2D eigenvalue weighted by Crippen LogP contribution is 2.27. The summed E-state index contributed by atoms with van der Waals surface area (Å²) >= 11 is 0.